The second kappa shape index (κ2) is 6.85. The Hall–Kier alpha value is -3.19. The normalized spacial score (nSPS) is 11.0. The molecule has 0 saturated carbocycles. The largest absolute Gasteiger partial charge is 0.467 e. The quantitative estimate of drug-likeness (QED) is 0.503. The number of esters is 1. The van der Waals surface area contributed by atoms with Crippen molar-refractivity contribution >= 4 is 27.5 Å². The number of aromatic nitrogens is 2. The number of thiophene rings is 1. The number of hydrogen-bond donors (Lipinski definition) is 0. The van der Waals surface area contributed by atoms with E-state index in [0.717, 1.165) is 16.0 Å². The van der Waals surface area contributed by atoms with Crippen LogP contribution in [-0.4, -0.2) is 22.6 Å². The fourth-order valence-electron chi connectivity index (χ4n) is 3.05. The maximum atomic E-state index is 13.0. The monoisotopic (exact) mass is 380 g/mol. The number of ether oxygens (including phenoxy) is 1. The van der Waals surface area contributed by atoms with Crippen LogP contribution in [-0.2, 0) is 11.3 Å². The van der Waals surface area contributed by atoms with Gasteiger partial charge in [-0.2, -0.15) is 0 Å². The molecule has 0 aliphatic carbocycles. The van der Waals surface area contributed by atoms with Crippen LogP contribution in [0.1, 0.15) is 21.7 Å². The van der Waals surface area contributed by atoms with E-state index >= 15 is 0 Å². The van der Waals surface area contributed by atoms with E-state index in [0.29, 0.717) is 21.5 Å². The van der Waals surface area contributed by atoms with Crippen LogP contribution in [0.4, 0.5) is 0 Å². The van der Waals surface area contributed by atoms with E-state index in [-0.39, 0.29) is 12.1 Å². The molecule has 0 saturated heterocycles. The second-order valence-electron chi connectivity index (χ2n) is 6.03. The van der Waals surface area contributed by atoms with Crippen molar-refractivity contribution in [1.29, 1.82) is 0 Å². The molecule has 0 amide bonds. The zero-order chi connectivity index (χ0) is 19.0. The second-order valence-corrected chi connectivity index (χ2v) is 7.03. The Morgan fingerprint density at radius 3 is 2.78 bits per heavy atom. The predicted octanol–water partition coefficient (Wildman–Crippen LogP) is 3.86. The number of rotatable bonds is 4. The molecule has 0 aliphatic rings. The van der Waals surface area contributed by atoms with Crippen LogP contribution in [0.3, 0.4) is 0 Å². The third-order valence-corrected chi connectivity index (χ3v) is 5.67. The maximum Gasteiger partial charge on any atom is 0.341 e. The molecule has 0 N–H and O–H groups in total. The van der Waals surface area contributed by atoms with Crippen molar-refractivity contribution in [3.8, 4) is 10.4 Å². The lowest BCUT2D eigenvalue weighted by molar-refractivity contribution is 0.0598. The summed E-state index contributed by atoms with van der Waals surface area (Å²) in [6.45, 7) is 2.04. The van der Waals surface area contributed by atoms with Gasteiger partial charge < -0.3 is 9.15 Å². The number of nitrogens with zero attached hydrogens (tertiary/aromatic N) is 2. The third kappa shape index (κ3) is 2.96. The van der Waals surface area contributed by atoms with Crippen molar-refractivity contribution in [2.24, 2.45) is 0 Å². The van der Waals surface area contributed by atoms with Gasteiger partial charge in [0, 0.05) is 4.88 Å². The minimum absolute atomic E-state index is 0.106. The van der Waals surface area contributed by atoms with Gasteiger partial charge in [-0.15, -0.1) is 11.3 Å². The minimum atomic E-state index is -0.501. The Morgan fingerprint density at radius 1 is 1.26 bits per heavy atom. The highest BCUT2D eigenvalue weighted by atomic mass is 32.1. The molecule has 7 heteroatoms. The van der Waals surface area contributed by atoms with Gasteiger partial charge in [-0.3, -0.25) is 9.36 Å². The summed E-state index contributed by atoms with van der Waals surface area (Å²) in [4.78, 5) is 31.0. The zero-order valence-electron chi connectivity index (χ0n) is 14.8. The molecule has 0 spiro atoms. The Bertz CT molecular complexity index is 1190. The zero-order valence-corrected chi connectivity index (χ0v) is 15.6. The van der Waals surface area contributed by atoms with Gasteiger partial charge in [0.1, 0.15) is 16.2 Å². The molecule has 0 radical (unpaired) electrons. The van der Waals surface area contributed by atoms with Gasteiger partial charge in [0.25, 0.3) is 5.56 Å². The molecular weight excluding hydrogens is 364 g/mol. The fourth-order valence-corrected chi connectivity index (χ4v) is 4.19. The summed E-state index contributed by atoms with van der Waals surface area (Å²) in [5, 5.41) is 0.590. The molecule has 136 valence electrons. The number of carbonyl (C=O) groups is 1. The SMILES string of the molecule is COC(=O)c1ccoc1Cn1cnc2sc(-c3ccccc3)c(C)c2c1=O. The first-order valence-electron chi connectivity index (χ1n) is 8.28. The van der Waals surface area contributed by atoms with E-state index < -0.39 is 5.97 Å². The molecule has 0 atom stereocenters. The average molecular weight is 380 g/mol. The molecule has 3 aromatic heterocycles. The third-order valence-electron chi connectivity index (χ3n) is 4.42. The van der Waals surface area contributed by atoms with Crippen molar-refractivity contribution in [2.75, 3.05) is 7.11 Å². The van der Waals surface area contributed by atoms with Crippen LogP contribution in [0.5, 0.6) is 0 Å². The summed E-state index contributed by atoms with van der Waals surface area (Å²) in [6.07, 6.45) is 2.89. The van der Waals surface area contributed by atoms with Gasteiger partial charge in [0.05, 0.1) is 31.6 Å². The molecule has 4 rings (SSSR count). The van der Waals surface area contributed by atoms with Gasteiger partial charge in [-0.05, 0) is 24.1 Å². The van der Waals surface area contributed by atoms with E-state index in [9.17, 15) is 9.59 Å². The standard InChI is InChI=1S/C20H16N2O4S/c1-12-16-18(27-17(12)13-6-4-3-5-7-13)21-11-22(19(16)23)10-15-14(8-9-26-15)20(24)25-2/h3-9,11H,10H2,1-2H3. The molecule has 0 bridgehead atoms. The Kier molecular flexibility index (Phi) is 4.37. The van der Waals surface area contributed by atoms with E-state index in [4.69, 9.17) is 9.15 Å². The first-order valence-corrected chi connectivity index (χ1v) is 9.10. The van der Waals surface area contributed by atoms with Crippen LogP contribution in [0.25, 0.3) is 20.7 Å². The minimum Gasteiger partial charge on any atom is -0.467 e. The lowest BCUT2D eigenvalue weighted by Crippen LogP contribution is -2.21. The Labute approximate surface area is 158 Å². The molecule has 0 unspecified atom stereocenters. The number of hydrogen-bond acceptors (Lipinski definition) is 6. The van der Waals surface area contributed by atoms with Crippen LogP contribution in [0.2, 0.25) is 0 Å². The summed E-state index contributed by atoms with van der Waals surface area (Å²) < 4.78 is 11.6. The summed E-state index contributed by atoms with van der Waals surface area (Å²) in [6, 6.07) is 11.5. The smallest absolute Gasteiger partial charge is 0.341 e. The Morgan fingerprint density at radius 2 is 2.04 bits per heavy atom. The van der Waals surface area contributed by atoms with Crippen molar-refractivity contribution in [2.45, 2.75) is 13.5 Å². The first-order chi connectivity index (χ1) is 13.1. The fraction of sp³-hybridized carbons (Fsp3) is 0.150. The van der Waals surface area contributed by atoms with Crippen LogP contribution in [0, 0.1) is 6.92 Å². The number of methoxy groups -OCH3 is 1. The lowest BCUT2D eigenvalue weighted by atomic mass is 10.1. The number of benzene rings is 1. The summed E-state index contributed by atoms with van der Waals surface area (Å²) >= 11 is 1.50. The first kappa shape index (κ1) is 17.2. The maximum absolute atomic E-state index is 13.0. The molecule has 27 heavy (non-hydrogen) atoms. The van der Waals surface area contributed by atoms with E-state index in [1.54, 1.807) is 0 Å². The number of aryl methyl sites for hydroxylation is 1. The summed E-state index contributed by atoms with van der Waals surface area (Å²) in [5.74, 6) is -0.139. The predicted molar refractivity (Wildman–Crippen MR) is 103 cm³/mol. The van der Waals surface area contributed by atoms with Crippen molar-refractivity contribution in [3.63, 3.8) is 0 Å². The number of fused-ring (bicyclic) bond motifs is 1. The van der Waals surface area contributed by atoms with Crippen molar-refractivity contribution < 1.29 is 13.9 Å². The highest BCUT2D eigenvalue weighted by Crippen LogP contribution is 2.35. The van der Waals surface area contributed by atoms with Crippen LogP contribution < -0.4 is 5.56 Å². The van der Waals surface area contributed by atoms with Crippen molar-refractivity contribution in [3.05, 3.63) is 76.2 Å². The molecule has 3 heterocycles. The molecule has 1 aromatic carbocycles. The molecule has 0 fully saturated rings. The molecular formula is C20H16N2O4S. The van der Waals surface area contributed by atoms with Crippen molar-refractivity contribution in [1.82, 2.24) is 9.55 Å². The van der Waals surface area contributed by atoms with Gasteiger partial charge in [-0.25, -0.2) is 9.78 Å². The number of carbonyl (C=O) groups excluding carboxylic acids is 1. The topological polar surface area (TPSA) is 74.3 Å². The van der Waals surface area contributed by atoms with Crippen LogP contribution >= 0.6 is 11.3 Å². The highest BCUT2D eigenvalue weighted by molar-refractivity contribution is 7.22. The summed E-state index contributed by atoms with van der Waals surface area (Å²) in [5.41, 5.74) is 2.10. The van der Waals surface area contributed by atoms with E-state index in [2.05, 4.69) is 4.98 Å². The number of furan rings is 1. The molecule has 4 aromatic rings. The van der Waals surface area contributed by atoms with Crippen LogP contribution in [0.15, 0.2) is 58.2 Å². The highest BCUT2D eigenvalue weighted by Gasteiger charge is 2.19. The lowest BCUT2D eigenvalue weighted by Gasteiger charge is -2.05. The van der Waals surface area contributed by atoms with Gasteiger partial charge in [0.15, 0.2) is 0 Å². The van der Waals surface area contributed by atoms with E-state index in [1.807, 2.05) is 37.3 Å². The Balaban J connectivity index is 1.80. The van der Waals surface area contributed by atoms with Gasteiger partial charge in [-0.1, -0.05) is 30.3 Å². The van der Waals surface area contributed by atoms with E-state index in [1.165, 1.54) is 41.7 Å². The van der Waals surface area contributed by atoms with Gasteiger partial charge in [0.2, 0.25) is 0 Å². The molecule has 0 aliphatic heterocycles. The van der Waals surface area contributed by atoms with Gasteiger partial charge >= 0.3 is 5.97 Å². The molecule has 6 nitrogen and oxygen atoms in total. The summed E-state index contributed by atoms with van der Waals surface area (Å²) in [7, 11) is 1.30. The average Bonchev–Trinajstić information content (AvgIpc) is 3.29.